The molecular formula is C11H13ClO2. The van der Waals surface area contributed by atoms with Crippen molar-refractivity contribution in [1.29, 1.82) is 0 Å². The summed E-state index contributed by atoms with van der Waals surface area (Å²) >= 11 is 5.99. The fraction of sp³-hybridized carbons (Fsp3) is 0.273. The fourth-order valence-corrected chi connectivity index (χ4v) is 1.31. The van der Waals surface area contributed by atoms with Crippen LogP contribution in [0.2, 0.25) is 5.02 Å². The van der Waals surface area contributed by atoms with Gasteiger partial charge in [0.25, 0.3) is 0 Å². The predicted octanol–water partition coefficient (Wildman–Crippen LogP) is 2.74. The van der Waals surface area contributed by atoms with Crippen LogP contribution in [0.1, 0.15) is 12.5 Å². The molecule has 0 aliphatic heterocycles. The number of aliphatic hydroxyl groups is 1. The van der Waals surface area contributed by atoms with Crippen LogP contribution >= 0.6 is 11.6 Å². The van der Waals surface area contributed by atoms with Crippen LogP contribution in [0.25, 0.3) is 6.08 Å². The molecule has 0 atom stereocenters. The first-order valence-corrected chi connectivity index (χ1v) is 4.85. The van der Waals surface area contributed by atoms with Crippen molar-refractivity contribution in [3.05, 3.63) is 34.9 Å². The molecule has 3 heteroatoms. The minimum atomic E-state index is 0.0174. The van der Waals surface area contributed by atoms with Crippen LogP contribution in [-0.4, -0.2) is 18.3 Å². The van der Waals surface area contributed by atoms with Gasteiger partial charge in [0, 0.05) is 0 Å². The first-order chi connectivity index (χ1) is 6.77. The number of hydrogen-bond acceptors (Lipinski definition) is 2. The van der Waals surface area contributed by atoms with Gasteiger partial charge in [0.15, 0.2) is 0 Å². The SMILES string of the molecule is CCOc1ccc(C=CCO)c(Cl)c1. The molecule has 0 fully saturated rings. The van der Waals surface area contributed by atoms with E-state index in [0.717, 1.165) is 11.3 Å². The Morgan fingerprint density at radius 2 is 2.29 bits per heavy atom. The van der Waals surface area contributed by atoms with Crippen LogP contribution < -0.4 is 4.74 Å². The predicted molar refractivity (Wildman–Crippen MR) is 58.7 cm³/mol. The minimum Gasteiger partial charge on any atom is -0.494 e. The van der Waals surface area contributed by atoms with E-state index in [2.05, 4.69) is 0 Å². The maximum Gasteiger partial charge on any atom is 0.120 e. The van der Waals surface area contributed by atoms with Gasteiger partial charge in [-0.3, -0.25) is 0 Å². The van der Waals surface area contributed by atoms with Crippen molar-refractivity contribution in [3.8, 4) is 5.75 Å². The summed E-state index contributed by atoms with van der Waals surface area (Å²) in [6.45, 7) is 2.57. The molecule has 0 aliphatic carbocycles. The first-order valence-electron chi connectivity index (χ1n) is 4.47. The van der Waals surface area contributed by atoms with E-state index in [9.17, 15) is 0 Å². The van der Waals surface area contributed by atoms with Gasteiger partial charge in [0.1, 0.15) is 5.75 Å². The Labute approximate surface area is 88.8 Å². The zero-order chi connectivity index (χ0) is 10.4. The Bertz CT molecular complexity index is 321. The van der Waals surface area contributed by atoms with Crippen LogP contribution in [0.4, 0.5) is 0 Å². The van der Waals surface area contributed by atoms with Crippen molar-refractivity contribution in [2.24, 2.45) is 0 Å². The lowest BCUT2D eigenvalue weighted by Crippen LogP contribution is -1.91. The summed E-state index contributed by atoms with van der Waals surface area (Å²) < 4.78 is 5.29. The molecule has 0 unspecified atom stereocenters. The molecule has 1 aromatic carbocycles. The quantitative estimate of drug-likeness (QED) is 0.832. The van der Waals surface area contributed by atoms with E-state index in [1.807, 2.05) is 19.1 Å². The van der Waals surface area contributed by atoms with Crippen molar-refractivity contribution in [2.75, 3.05) is 13.2 Å². The summed E-state index contributed by atoms with van der Waals surface area (Å²) in [5, 5.41) is 9.23. The maximum absolute atomic E-state index is 8.60. The average molecular weight is 213 g/mol. The molecule has 0 spiro atoms. The Kier molecular flexibility index (Phi) is 4.50. The van der Waals surface area contributed by atoms with Crippen LogP contribution in [0.5, 0.6) is 5.75 Å². The van der Waals surface area contributed by atoms with E-state index in [0.29, 0.717) is 11.6 Å². The van der Waals surface area contributed by atoms with Gasteiger partial charge >= 0.3 is 0 Å². The molecule has 0 amide bonds. The molecule has 0 bridgehead atoms. The van der Waals surface area contributed by atoms with E-state index >= 15 is 0 Å². The summed E-state index contributed by atoms with van der Waals surface area (Å²) in [5.41, 5.74) is 0.879. The molecule has 1 aromatic rings. The van der Waals surface area contributed by atoms with Crippen molar-refractivity contribution < 1.29 is 9.84 Å². The van der Waals surface area contributed by atoms with Crippen LogP contribution in [0.15, 0.2) is 24.3 Å². The van der Waals surface area contributed by atoms with Crippen LogP contribution in [0.3, 0.4) is 0 Å². The third-order valence-corrected chi connectivity index (χ3v) is 2.01. The summed E-state index contributed by atoms with van der Waals surface area (Å²) in [6.07, 6.45) is 3.42. The molecule has 76 valence electrons. The highest BCUT2D eigenvalue weighted by Crippen LogP contribution is 2.23. The van der Waals surface area contributed by atoms with Crippen LogP contribution in [0, 0.1) is 0 Å². The molecule has 0 saturated carbocycles. The summed E-state index contributed by atoms with van der Waals surface area (Å²) in [4.78, 5) is 0. The van der Waals surface area contributed by atoms with Gasteiger partial charge in [-0.05, 0) is 30.7 Å². The first kappa shape index (κ1) is 11.1. The molecular weight excluding hydrogens is 200 g/mol. The molecule has 0 saturated heterocycles. The lowest BCUT2D eigenvalue weighted by Gasteiger charge is -2.04. The van der Waals surface area contributed by atoms with E-state index in [-0.39, 0.29) is 6.61 Å². The molecule has 0 aromatic heterocycles. The molecule has 2 nitrogen and oxygen atoms in total. The Morgan fingerprint density at radius 3 is 2.86 bits per heavy atom. The highest BCUT2D eigenvalue weighted by molar-refractivity contribution is 6.32. The van der Waals surface area contributed by atoms with Crippen molar-refractivity contribution in [1.82, 2.24) is 0 Å². The summed E-state index contributed by atoms with van der Waals surface area (Å²) in [5.74, 6) is 0.763. The smallest absolute Gasteiger partial charge is 0.120 e. The molecule has 1 N–H and O–H groups in total. The summed E-state index contributed by atoms with van der Waals surface area (Å²) in [6, 6.07) is 5.48. The average Bonchev–Trinajstić information content (AvgIpc) is 2.17. The lowest BCUT2D eigenvalue weighted by atomic mass is 10.2. The van der Waals surface area contributed by atoms with Crippen LogP contribution in [-0.2, 0) is 0 Å². The third kappa shape index (κ3) is 3.05. The number of ether oxygens (including phenoxy) is 1. The normalized spacial score (nSPS) is 10.8. The van der Waals surface area contributed by atoms with Gasteiger partial charge in [0.2, 0.25) is 0 Å². The van der Waals surface area contributed by atoms with Gasteiger partial charge < -0.3 is 9.84 Å². The maximum atomic E-state index is 8.60. The number of benzene rings is 1. The van der Waals surface area contributed by atoms with Gasteiger partial charge in [-0.25, -0.2) is 0 Å². The van der Waals surface area contributed by atoms with Crippen molar-refractivity contribution >= 4 is 17.7 Å². The monoisotopic (exact) mass is 212 g/mol. The number of halogens is 1. The fourth-order valence-electron chi connectivity index (χ4n) is 1.08. The highest BCUT2D eigenvalue weighted by Gasteiger charge is 1.98. The van der Waals surface area contributed by atoms with Gasteiger partial charge in [-0.15, -0.1) is 0 Å². The molecule has 0 aliphatic rings. The van der Waals surface area contributed by atoms with Gasteiger partial charge in [-0.1, -0.05) is 23.8 Å². The molecule has 0 radical (unpaired) electrons. The zero-order valence-corrected chi connectivity index (χ0v) is 8.79. The zero-order valence-electron chi connectivity index (χ0n) is 8.03. The summed E-state index contributed by atoms with van der Waals surface area (Å²) in [7, 11) is 0. The second kappa shape index (κ2) is 5.68. The number of hydrogen-bond donors (Lipinski definition) is 1. The number of aliphatic hydroxyl groups excluding tert-OH is 1. The highest BCUT2D eigenvalue weighted by atomic mass is 35.5. The van der Waals surface area contributed by atoms with E-state index in [4.69, 9.17) is 21.4 Å². The van der Waals surface area contributed by atoms with Gasteiger partial charge in [-0.2, -0.15) is 0 Å². The van der Waals surface area contributed by atoms with E-state index in [1.165, 1.54) is 0 Å². The largest absolute Gasteiger partial charge is 0.494 e. The Morgan fingerprint density at radius 1 is 1.50 bits per heavy atom. The standard InChI is InChI=1S/C11H13ClO2/c1-2-14-10-6-5-9(4-3-7-13)11(12)8-10/h3-6,8,13H,2,7H2,1H3. The molecule has 0 heterocycles. The van der Waals surface area contributed by atoms with Crippen molar-refractivity contribution in [2.45, 2.75) is 6.92 Å². The minimum absolute atomic E-state index is 0.0174. The van der Waals surface area contributed by atoms with Gasteiger partial charge in [0.05, 0.1) is 18.2 Å². The Balaban J connectivity index is 2.84. The second-order valence-electron chi connectivity index (χ2n) is 2.70. The molecule has 1 rings (SSSR count). The number of rotatable bonds is 4. The Hall–Kier alpha value is -0.990. The topological polar surface area (TPSA) is 29.5 Å². The van der Waals surface area contributed by atoms with E-state index < -0.39 is 0 Å². The third-order valence-electron chi connectivity index (χ3n) is 1.69. The second-order valence-corrected chi connectivity index (χ2v) is 3.11. The van der Waals surface area contributed by atoms with E-state index in [1.54, 1.807) is 18.2 Å². The lowest BCUT2D eigenvalue weighted by molar-refractivity contribution is 0.340. The van der Waals surface area contributed by atoms with Crippen molar-refractivity contribution in [3.63, 3.8) is 0 Å². The molecule has 14 heavy (non-hydrogen) atoms.